The van der Waals surface area contributed by atoms with Crippen molar-refractivity contribution in [3.8, 4) is 11.5 Å². The molecule has 3 rings (SSSR count). The number of hydrogen-bond donors (Lipinski definition) is 0. The second-order valence-electron chi connectivity index (χ2n) is 6.56. The first kappa shape index (κ1) is 23.9. The van der Waals surface area contributed by atoms with Gasteiger partial charge < -0.3 is 14.2 Å². The molecule has 2 aromatic rings. The lowest BCUT2D eigenvalue weighted by Gasteiger charge is -2.12. The van der Waals surface area contributed by atoms with E-state index in [1.54, 1.807) is 42.4 Å². The van der Waals surface area contributed by atoms with Gasteiger partial charge in [-0.15, -0.1) is 0 Å². The molecule has 0 unspecified atom stereocenters. The minimum absolute atomic E-state index is 0.135. The van der Waals surface area contributed by atoms with E-state index in [9.17, 15) is 9.59 Å². The van der Waals surface area contributed by atoms with Crippen LogP contribution in [0.2, 0.25) is 0 Å². The Kier molecular flexibility index (Phi) is 7.98. The van der Waals surface area contributed by atoms with Gasteiger partial charge in [0.25, 0.3) is 5.91 Å². The van der Waals surface area contributed by atoms with Gasteiger partial charge in [0.15, 0.2) is 16.7 Å². The number of nitrogens with zero attached hydrogens (tertiary/aromatic N) is 2. The SMILES string of the molecule is CCOc1c(Br)cc(C=C2SC(=Nc3cccc(C(=O)OC)c3)N(CC)C2=O)cc1OC. The van der Waals surface area contributed by atoms with Gasteiger partial charge in [0.05, 0.1) is 41.5 Å². The van der Waals surface area contributed by atoms with Crippen LogP contribution in [0.4, 0.5) is 5.69 Å². The molecule has 0 radical (unpaired) electrons. The Bertz CT molecular complexity index is 1100. The highest BCUT2D eigenvalue weighted by molar-refractivity contribution is 9.10. The molecule has 7 nitrogen and oxygen atoms in total. The number of thioether (sulfide) groups is 1. The molecule has 0 aromatic heterocycles. The van der Waals surface area contributed by atoms with Crippen molar-refractivity contribution in [2.45, 2.75) is 13.8 Å². The number of amides is 1. The molecule has 32 heavy (non-hydrogen) atoms. The Morgan fingerprint density at radius 2 is 2.00 bits per heavy atom. The Labute approximate surface area is 199 Å². The normalized spacial score (nSPS) is 16.0. The van der Waals surface area contributed by atoms with Crippen LogP contribution in [0.5, 0.6) is 11.5 Å². The first-order valence-corrected chi connectivity index (χ1v) is 11.5. The minimum Gasteiger partial charge on any atom is -0.493 e. The molecule has 1 heterocycles. The molecule has 1 amide bonds. The van der Waals surface area contributed by atoms with Gasteiger partial charge in [-0.25, -0.2) is 9.79 Å². The van der Waals surface area contributed by atoms with Crippen molar-refractivity contribution in [1.29, 1.82) is 0 Å². The maximum Gasteiger partial charge on any atom is 0.337 e. The van der Waals surface area contributed by atoms with E-state index in [2.05, 4.69) is 20.9 Å². The summed E-state index contributed by atoms with van der Waals surface area (Å²) in [5, 5.41) is 0.544. The number of amidine groups is 1. The van der Waals surface area contributed by atoms with Crippen LogP contribution in [0.1, 0.15) is 29.8 Å². The second kappa shape index (κ2) is 10.7. The van der Waals surface area contributed by atoms with E-state index >= 15 is 0 Å². The monoisotopic (exact) mass is 518 g/mol. The third kappa shape index (κ3) is 5.16. The van der Waals surface area contributed by atoms with E-state index in [1.807, 2.05) is 26.0 Å². The molecule has 0 N–H and O–H groups in total. The summed E-state index contributed by atoms with van der Waals surface area (Å²) in [6.07, 6.45) is 1.80. The number of aliphatic imine (C=N–C) groups is 1. The van der Waals surface area contributed by atoms with Crippen molar-refractivity contribution < 1.29 is 23.8 Å². The summed E-state index contributed by atoms with van der Waals surface area (Å²) >= 11 is 4.79. The van der Waals surface area contributed by atoms with E-state index in [-0.39, 0.29) is 5.91 Å². The summed E-state index contributed by atoms with van der Waals surface area (Å²) in [7, 11) is 2.90. The lowest BCUT2D eigenvalue weighted by molar-refractivity contribution is -0.122. The van der Waals surface area contributed by atoms with Crippen molar-refractivity contribution in [2.75, 3.05) is 27.4 Å². The number of halogens is 1. The number of benzene rings is 2. The molecular formula is C23H23BrN2O5S. The van der Waals surface area contributed by atoms with Crippen molar-refractivity contribution in [3.63, 3.8) is 0 Å². The summed E-state index contributed by atoms with van der Waals surface area (Å²) in [6.45, 7) is 4.76. The number of carbonyl (C=O) groups is 2. The van der Waals surface area contributed by atoms with E-state index < -0.39 is 5.97 Å². The largest absolute Gasteiger partial charge is 0.493 e. The number of ether oxygens (including phenoxy) is 3. The van der Waals surface area contributed by atoms with E-state index in [0.717, 1.165) is 10.0 Å². The number of rotatable bonds is 7. The summed E-state index contributed by atoms with van der Waals surface area (Å²) in [4.78, 5) is 31.5. The summed E-state index contributed by atoms with van der Waals surface area (Å²) in [5.41, 5.74) is 1.75. The van der Waals surface area contributed by atoms with Crippen LogP contribution >= 0.6 is 27.7 Å². The van der Waals surface area contributed by atoms with Gasteiger partial charge in [-0.1, -0.05) is 6.07 Å². The lowest BCUT2D eigenvalue weighted by Crippen LogP contribution is -2.28. The zero-order valence-corrected chi connectivity index (χ0v) is 20.6. The molecule has 0 spiro atoms. The van der Waals surface area contributed by atoms with Crippen LogP contribution in [0.25, 0.3) is 6.08 Å². The molecule has 0 aliphatic carbocycles. The van der Waals surface area contributed by atoms with Crippen LogP contribution in [0, 0.1) is 0 Å². The fourth-order valence-corrected chi connectivity index (χ4v) is 4.70. The van der Waals surface area contributed by atoms with Gasteiger partial charge in [0.2, 0.25) is 0 Å². The molecule has 0 atom stereocenters. The zero-order chi connectivity index (χ0) is 23.3. The third-order valence-corrected chi connectivity index (χ3v) is 6.13. The third-order valence-electron chi connectivity index (χ3n) is 4.53. The van der Waals surface area contributed by atoms with Crippen molar-refractivity contribution >= 4 is 56.5 Å². The van der Waals surface area contributed by atoms with Crippen molar-refractivity contribution in [3.05, 3.63) is 56.9 Å². The molecule has 0 bridgehead atoms. The minimum atomic E-state index is -0.440. The van der Waals surface area contributed by atoms with Crippen LogP contribution in [0.15, 0.2) is 50.8 Å². The molecule has 9 heteroatoms. The average molecular weight is 519 g/mol. The molecule has 1 aliphatic heterocycles. The highest BCUT2D eigenvalue weighted by atomic mass is 79.9. The van der Waals surface area contributed by atoms with E-state index in [0.29, 0.717) is 46.0 Å². The van der Waals surface area contributed by atoms with Gasteiger partial charge >= 0.3 is 5.97 Å². The summed E-state index contributed by atoms with van der Waals surface area (Å²) in [5.74, 6) is 0.615. The second-order valence-corrected chi connectivity index (χ2v) is 8.43. The van der Waals surface area contributed by atoms with Crippen molar-refractivity contribution in [1.82, 2.24) is 4.90 Å². The highest BCUT2D eigenvalue weighted by Crippen LogP contribution is 2.39. The van der Waals surface area contributed by atoms with Crippen LogP contribution in [-0.2, 0) is 9.53 Å². The Morgan fingerprint density at radius 1 is 1.22 bits per heavy atom. The predicted octanol–water partition coefficient (Wildman–Crippen LogP) is 5.27. The van der Waals surface area contributed by atoms with Crippen LogP contribution < -0.4 is 9.47 Å². The Hall–Kier alpha value is -2.78. The van der Waals surface area contributed by atoms with Gasteiger partial charge in [-0.05, 0) is 83.5 Å². The number of carbonyl (C=O) groups excluding carboxylic acids is 2. The fraction of sp³-hybridized carbons (Fsp3) is 0.261. The zero-order valence-electron chi connectivity index (χ0n) is 18.2. The maximum absolute atomic E-state index is 13.0. The summed E-state index contributed by atoms with van der Waals surface area (Å²) in [6, 6.07) is 10.5. The average Bonchev–Trinajstić information content (AvgIpc) is 3.08. The molecule has 0 saturated carbocycles. The van der Waals surface area contributed by atoms with E-state index in [1.165, 1.54) is 18.9 Å². The number of esters is 1. The first-order valence-electron chi connectivity index (χ1n) is 9.90. The van der Waals surface area contributed by atoms with Gasteiger partial charge in [-0.2, -0.15) is 0 Å². The van der Waals surface area contributed by atoms with E-state index in [4.69, 9.17) is 14.2 Å². The topological polar surface area (TPSA) is 77.4 Å². The Morgan fingerprint density at radius 3 is 2.66 bits per heavy atom. The molecule has 1 fully saturated rings. The number of hydrogen-bond acceptors (Lipinski definition) is 7. The highest BCUT2D eigenvalue weighted by Gasteiger charge is 2.32. The first-order chi connectivity index (χ1) is 15.4. The molecule has 2 aromatic carbocycles. The smallest absolute Gasteiger partial charge is 0.337 e. The van der Waals surface area contributed by atoms with Crippen LogP contribution in [0.3, 0.4) is 0 Å². The van der Waals surface area contributed by atoms with Crippen molar-refractivity contribution in [2.24, 2.45) is 4.99 Å². The van der Waals surface area contributed by atoms with Crippen LogP contribution in [-0.4, -0.2) is 49.3 Å². The quantitative estimate of drug-likeness (QED) is 0.367. The van der Waals surface area contributed by atoms with Gasteiger partial charge in [-0.3, -0.25) is 9.69 Å². The summed E-state index contributed by atoms with van der Waals surface area (Å²) < 4.78 is 16.6. The maximum atomic E-state index is 13.0. The molecule has 1 aliphatic rings. The lowest BCUT2D eigenvalue weighted by atomic mass is 10.2. The molecule has 1 saturated heterocycles. The standard InChI is InChI=1S/C23H23BrN2O5S/c1-5-26-21(27)19(12-14-10-17(24)20(31-6-2)18(11-14)29-3)32-23(26)25-16-9-7-8-15(13-16)22(28)30-4/h7-13H,5-6H2,1-4H3. The Balaban J connectivity index is 1.95. The number of methoxy groups -OCH3 is 2. The van der Waals surface area contributed by atoms with Gasteiger partial charge in [0.1, 0.15) is 0 Å². The fourth-order valence-electron chi connectivity index (χ4n) is 3.06. The number of likely N-dealkylation sites (N-methyl/N-ethyl adjacent to an activating group) is 1. The molecule has 168 valence electrons. The molecular weight excluding hydrogens is 496 g/mol. The predicted molar refractivity (Wildman–Crippen MR) is 130 cm³/mol. The van der Waals surface area contributed by atoms with Gasteiger partial charge in [0, 0.05) is 6.54 Å².